The zero-order valence-electron chi connectivity index (χ0n) is 11.6. The zero-order chi connectivity index (χ0) is 13.5. The summed E-state index contributed by atoms with van der Waals surface area (Å²) in [4.78, 5) is 9.54. The summed E-state index contributed by atoms with van der Waals surface area (Å²) >= 11 is 0. The summed E-state index contributed by atoms with van der Waals surface area (Å²) in [6.45, 7) is 4.56. The lowest BCUT2D eigenvalue weighted by Crippen LogP contribution is -2.47. The Morgan fingerprint density at radius 1 is 1.05 bits per heavy atom. The molecular weight excluding hydrogens is 248 g/mol. The molecule has 4 nitrogen and oxygen atoms in total. The van der Waals surface area contributed by atoms with E-state index in [1.54, 1.807) is 0 Å². The molecule has 0 unspecified atom stereocenters. The third-order valence-electron chi connectivity index (χ3n) is 4.50. The lowest BCUT2D eigenvalue weighted by atomic mass is 10.1. The minimum atomic E-state index is 0.765. The molecular formula is C16H20N4. The molecule has 2 fully saturated rings. The molecule has 0 spiro atoms. The van der Waals surface area contributed by atoms with Crippen LogP contribution in [0.15, 0.2) is 30.5 Å². The van der Waals surface area contributed by atoms with Crippen molar-refractivity contribution in [3.8, 4) is 0 Å². The Bertz CT molecular complexity index is 627. The zero-order valence-corrected chi connectivity index (χ0v) is 11.6. The van der Waals surface area contributed by atoms with Crippen molar-refractivity contribution < 1.29 is 0 Å². The molecule has 0 atom stereocenters. The van der Waals surface area contributed by atoms with Crippen LogP contribution in [0.25, 0.3) is 10.9 Å². The topological polar surface area (TPSA) is 45.4 Å². The summed E-state index contributed by atoms with van der Waals surface area (Å²) in [7, 11) is 0. The molecule has 2 N–H and O–H groups in total. The van der Waals surface area contributed by atoms with Gasteiger partial charge in [0.1, 0.15) is 0 Å². The largest absolute Gasteiger partial charge is 0.397 e. The summed E-state index contributed by atoms with van der Waals surface area (Å²) in [6.07, 6.45) is 4.67. The third kappa shape index (κ3) is 2.00. The molecule has 1 aromatic carbocycles. The van der Waals surface area contributed by atoms with Gasteiger partial charge in [0.25, 0.3) is 0 Å². The standard InChI is InChI=1S/C16H20N4/c17-14-3-1-2-13-15(6-7-18-16(13)14)20-10-8-19(9-11-20)12-4-5-12/h1-3,6-7,12H,4-5,8-11,17H2. The molecule has 4 heteroatoms. The molecule has 2 aromatic rings. The van der Waals surface area contributed by atoms with Crippen LogP contribution in [0.2, 0.25) is 0 Å². The number of pyridine rings is 1. The number of aromatic nitrogens is 1. The van der Waals surface area contributed by atoms with Crippen LogP contribution in [0.5, 0.6) is 0 Å². The number of nitrogen functional groups attached to an aromatic ring is 1. The Hall–Kier alpha value is -1.81. The number of piperazine rings is 1. The van der Waals surface area contributed by atoms with Gasteiger partial charge < -0.3 is 10.6 Å². The molecule has 1 aliphatic heterocycles. The molecule has 1 saturated heterocycles. The summed E-state index contributed by atoms with van der Waals surface area (Å²) in [5, 5.41) is 1.17. The summed E-state index contributed by atoms with van der Waals surface area (Å²) in [5.74, 6) is 0. The highest BCUT2D eigenvalue weighted by Gasteiger charge is 2.31. The Balaban J connectivity index is 1.64. The number of anilines is 2. The highest BCUT2D eigenvalue weighted by Crippen LogP contribution is 2.31. The average Bonchev–Trinajstić information content (AvgIpc) is 3.32. The van der Waals surface area contributed by atoms with Crippen LogP contribution in [-0.2, 0) is 0 Å². The number of fused-ring (bicyclic) bond motifs is 1. The summed E-state index contributed by atoms with van der Waals surface area (Å²) in [5.41, 5.74) is 9.00. The minimum Gasteiger partial charge on any atom is -0.397 e. The van der Waals surface area contributed by atoms with Gasteiger partial charge in [0, 0.05) is 49.5 Å². The normalized spacial score (nSPS) is 20.5. The first-order valence-corrected chi connectivity index (χ1v) is 7.45. The Labute approximate surface area is 119 Å². The highest BCUT2D eigenvalue weighted by molar-refractivity contribution is 5.98. The fourth-order valence-corrected chi connectivity index (χ4v) is 3.23. The number of nitrogens with zero attached hydrogens (tertiary/aromatic N) is 3. The van der Waals surface area contributed by atoms with E-state index < -0.39 is 0 Å². The van der Waals surface area contributed by atoms with E-state index in [4.69, 9.17) is 5.73 Å². The van der Waals surface area contributed by atoms with Crippen molar-refractivity contribution in [3.63, 3.8) is 0 Å². The maximum Gasteiger partial charge on any atom is 0.0951 e. The second-order valence-electron chi connectivity index (χ2n) is 5.83. The van der Waals surface area contributed by atoms with Crippen LogP contribution >= 0.6 is 0 Å². The molecule has 104 valence electrons. The maximum absolute atomic E-state index is 6.04. The fraction of sp³-hybridized carbons (Fsp3) is 0.438. The van der Waals surface area contributed by atoms with Crippen LogP contribution < -0.4 is 10.6 Å². The number of benzene rings is 1. The minimum absolute atomic E-state index is 0.765. The van der Waals surface area contributed by atoms with Crippen LogP contribution in [0, 0.1) is 0 Å². The van der Waals surface area contributed by atoms with E-state index in [-0.39, 0.29) is 0 Å². The van der Waals surface area contributed by atoms with Crippen molar-refractivity contribution in [1.29, 1.82) is 0 Å². The van der Waals surface area contributed by atoms with Gasteiger partial charge in [-0.05, 0) is 25.0 Å². The van der Waals surface area contributed by atoms with Gasteiger partial charge in [0.05, 0.1) is 11.2 Å². The third-order valence-corrected chi connectivity index (χ3v) is 4.50. The lowest BCUT2D eigenvalue weighted by Gasteiger charge is -2.36. The number of rotatable bonds is 2. The maximum atomic E-state index is 6.04. The summed E-state index contributed by atoms with van der Waals surface area (Å²) < 4.78 is 0. The van der Waals surface area contributed by atoms with Gasteiger partial charge in [-0.2, -0.15) is 0 Å². The average molecular weight is 268 g/mol. The van der Waals surface area contributed by atoms with Crippen molar-refractivity contribution >= 4 is 22.3 Å². The number of nitrogens with two attached hydrogens (primary N) is 1. The van der Waals surface area contributed by atoms with Crippen LogP contribution in [-0.4, -0.2) is 42.1 Å². The van der Waals surface area contributed by atoms with Crippen LogP contribution in [0.4, 0.5) is 11.4 Å². The van der Waals surface area contributed by atoms with Gasteiger partial charge in [-0.15, -0.1) is 0 Å². The van der Waals surface area contributed by atoms with E-state index in [2.05, 4.69) is 26.9 Å². The van der Waals surface area contributed by atoms with Crippen molar-refractivity contribution in [2.45, 2.75) is 18.9 Å². The molecule has 0 radical (unpaired) electrons. The molecule has 0 bridgehead atoms. The molecule has 2 heterocycles. The second-order valence-corrected chi connectivity index (χ2v) is 5.83. The monoisotopic (exact) mass is 268 g/mol. The molecule has 4 rings (SSSR count). The van der Waals surface area contributed by atoms with E-state index >= 15 is 0 Å². The van der Waals surface area contributed by atoms with E-state index in [9.17, 15) is 0 Å². The van der Waals surface area contributed by atoms with Crippen LogP contribution in [0.3, 0.4) is 0 Å². The molecule has 20 heavy (non-hydrogen) atoms. The second kappa shape index (κ2) is 4.63. The van der Waals surface area contributed by atoms with Gasteiger partial charge in [-0.25, -0.2) is 0 Å². The predicted octanol–water partition coefficient (Wildman–Crippen LogP) is 2.10. The summed E-state index contributed by atoms with van der Waals surface area (Å²) in [6, 6.07) is 9.06. The molecule has 1 aliphatic carbocycles. The van der Waals surface area contributed by atoms with Crippen LogP contribution in [0.1, 0.15) is 12.8 Å². The predicted molar refractivity (Wildman–Crippen MR) is 83.0 cm³/mol. The quantitative estimate of drug-likeness (QED) is 0.847. The van der Waals surface area contributed by atoms with Crippen molar-refractivity contribution in [1.82, 2.24) is 9.88 Å². The fourth-order valence-electron chi connectivity index (χ4n) is 3.23. The van der Waals surface area contributed by atoms with E-state index in [1.165, 1.54) is 37.0 Å². The Morgan fingerprint density at radius 3 is 2.60 bits per heavy atom. The van der Waals surface area contributed by atoms with Gasteiger partial charge in [-0.1, -0.05) is 12.1 Å². The van der Waals surface area contributed by atoms with Gasteiger partial charge >= 0.3 is 0 Å². The molecule has 1 aromatic heterocycles. The molecule has 2 aliphatic rings. The van der Waals surface area contributed by atoms with E-state index in [1.807, 2.05) is 18.3 Å². The van der Waals surface area contributed by atoms with E-state index in [0.717, 1.165) is 30.3 Å². The van der Waals surface area contributed by atoms with Crippen molar-refractivity contribution in [2.75, 3.05) is 36.8 Å². The first-order valence-electron chi connectivity index (χ1n) is 7.45. The van der Waals surface area contributed by atoms with E-state index in [0.29, 0.717) is 0 Å². The Morgan fingerprint density at radius 2 is 1.85 bits per heavy atom. The molecule has 0 amide bonds. The van der Waals surface area contributed by atoms with Gasteiger partial charge in [-0.3, -0.25) is 9.88 Å². The number of hydrogen-bond acceptors (Lipinski definition) is 4. The number of hydrogen-bond donors (Lipinski definition) is 1. The Kier molecular flexibility index (Phi) is 2.77. The lowest BCUT2D eigenvalue weighted by molar-refractivity contribution is 0.248. The van der Waals surface area contributed by atoms with Crippen molar-refractivity contribution in [3.05, 3.63) is 30.5 Å². The first-order chi connectivity index (χ1) is 9.83. The van der Waals surface area contributed by atoms with Crippen molar-refractivity contribution in [2.24, 2.45) is 0 Å². The smallest absolute Gasteiger partial charge is 0.0951 e. The number of para-hydroxylation sites is 1. The van der Waals surface area contributed by atoms with Gasteiger partial charge in [0.2, 0.25) is 0 Å². The van der Waals surface area contributed by atoms with Gasteiger partial charge in [0.15, 0.2) is 0 Å². The SMILES string of the molecule is Nc1cccc2c(N3CCN(C4CC4)CC3)ccnc12. The molecule has 1 saturated carbocycles. The first kappa shape index (κ1) is 12.0. The highest BCUT2D eigenvalue weighted by atomic mass is 15.3.